The SMILES string of the molecule is CC(C)Sc1cccc(C(=O)Nc2ccccc2Cl)c1. The van der Waals surface area contributed by atoms with Crippen molar-refractivity contribution < 1.29 is 4.79 Å². The predicted octanol–water partition coefficient (Wildman–Crippen LogP) is 5.09. The summed E-state index contributed by atoms with van der Waals surface area (Å²) in [5, 5.41) is 3.85. The molecule has 0 heterocycles. The topological polar surface area (TPSA) is 29.1 Å². The highest BCUT2D eigenvalue weighted by Crippen LogP contribution is 2.25. The second-order valence-corrected chi connectivity index (χ2v) is 6.69. The lowest BCUT2D eigenvalue weighted by molar-refractivity contribution is 0.102. The Morgan fingerprint density at radius 3 is 2.60 bits per heavy atom. The number of anilines is 1. The number of amides is 1. The molecule has 2 aromatic carbocycles. The van der Waals surface area contributed by atoms with Gasteiger partial charge in [0.15, 0.2) is 0 Å². The number of nitrogens with one attached hydrogen (secondary N) is 1. The van der Waals surface area contributed by atoms with Crippen molar-refractivity contribution in [3.63, 3.8) is 0 Å². The minimum atomic E-state index is -0.149. The van der Waals surface area contributed by atoms with Gasteiger partial charge in [0.25, 0.3) is 5.91 Å². The minimum absolute atomic E-state index is 0.149. The zero-order valence-corrected chi connectivity index (χ0v) is 13.0. The Balaban J connectivity index is 2.15. The maximum atomic E-state index is 12.2. The number of carbonyl (C=O) groups is 1. The minimum Gasteiger partial charge on any atom is -0.321 e. The van der Waals surface area contributed by atoms with Gasteiger partial charge in [-0.1, -0.05) is 43.6 Å². The van der Waals surface area contributed by atoms with E-state index in [1.54, 1.807) is 30.0 Å². The molecular weight excluding hydrogens is 290 g/mol. The molecule has 0 saturated carbocycles. The number of thioether (sulfide) groups is 1. The Hall–Kier alpha value is -1.45. The Morgan fingerprint density at radius 1 is 1.15 bits per heavy atom. The highest BCUT2D eigenvalue weighted by Gasteiger charge is 2.09. The largest absolute Gasteiger partial charge is 0.321 e. The third-order valence-electron chi connectivity index (χ3n) is 2.59. The van der Waals surface area contributed by atoms with Gasteiger partial charge in [-0.2, -0.15) is 0 Å². The van der Waals surface area contributed by atoms with Crippen LogP contribution in [0.3, 0.4) is 0 Å². The van der Waals surface area contributed by atoms with Gasteiger partial charge in [0.05, 0.1) is 10.7 Å². The van der Waals surface area contributed by atoms with Crippen LogP contribution in [0.25, 0.3) is 0 Å². The standard InChI is InChI=1S/C16H16ClNOS/c1-11(2)20-13-7-5-6-12(10-13)16(19)18-15-9-4-3-8-14(15)17/h3-11H,1-2H3,(H,18,19). The number of benzene rings is 2. The van der Waals surface area contributed by atoms with Crippen molar-refractivity contribution >= 4 is 35.0 Å². The average Bonchev–Trinajstić information content (AvgIpc) is 2.41. The summed E-state index contributed by atoms with van der Waals surface area (Å²) >= 11 is 7.77. The molecule has 0 fully saturated rings. The van der Waals surface area contributed by atoms with Crippen LogP contribution in [0.5, 0.6) is 0 Å². The van der Waals surface area contributed by atoms with Crippen molar-refractivity contribution in [2.45, 2.75) is 24.0 Å². The first-order valence-electron chi connectivity index (χ1n) is 6.39. The van der Waals surface area contributed by atoms with Crippen molar-refractivity contribution in [1.29, 1.82) is 0 Å². The third-order valence-corrected chi connectivity index (χ3v) is 3.92. The summed E-state index contributed by atoms with van der Waals surface area (Å²) in [4.78, 5) is 13.3. The third kappa shape index (κ3) is 4.02. The van der Waals surface area contributed by atoms with Gasteiger partial charge in [0, 0.05) is 15.7 Å². The molecule has 2 nitrogen and oxygen atoms in total. The molecule has 4 heteroatoms. The molecule has 0 aliphatic carbocycles. The van der Waals surface area contributed by atoms with Crippen LogP contribution in [0.4, 0.5) is 5.69 Å². The van der Waals surface area contributed by atoms with Crippen molar-refractivity contribution in [2.75, 3.05) is 5.32 Å². The van der Waals surface area contributed by atoms with Gasteiger partial charge in [-0.05, 0) is 30.3 Å². The van der Waals surface area contributed by atoms with Gasteiger partial charge < -0.3 is 5.32 Å². The van der Waals surface area contributed by atoms with E-state index in [1.165, 1.54) is 0 Å². The highest BCUT2D eigenvalue weighted by atomic mass is 35.5. The lowest BCUT2D eigenvalue weighted by Crippen LogP contribution is -2.12. The van der Waals surface area contributed by atoms with E-state index in [0.29, 0.717) is 21.5 Å². The Kier molecular flexibility index (Phi) is 5.10. The maximum Gasteiger partial charge on any atom is 0.255 e. The van der Waals surface area contributed by atoms with E-state index in [1.807, 2.05) is 30.3 Å². The van der Waals surface area contributed by atoms with E-state index in [0.717, 1.165) is 4.90 Å². The molecule has 0 atom stereocenters. The first-order chi connectivity index (χ1) is 9.56. The van der Waals surface area contributed by atoms with Crippen molar-refractivity contribution in [2.24, 2.45) is 0 Å². The molecule has 20 heavy (non-hydrogen) atoms. The van der Waals surface area contributed by atoms with Crippen LogP contribution in [0.15, 0.2) is 53.4 Å². The molecule has 0 unspecified atom stereocenters. The quantitative estimate of drug-likeness (QED) is 0.797. The molecular formula is C16H16ClNOS. The summed E-state index contributed by atoms with van der Waals surface area (Å²) in [5.41, 5.74) is 1.26. The van der Waals surface area contributed by atoms with Crippen LogP contribution in [0.2, 0.25) is 5.02 Å². The van der Waals surface area contributed by atoms with Crippen molar-refractivity contribution in [1.82, 2.24) is 0 Å². The average molecular weight is 306 g/mol. The summed E-state index contributed by atoms with van der Waals surface area (Å²) in [6.07, 6.45) is 0. The molecule has 0 saturated heterocycles. The molecule has 1 amide bonds. The van der Waals surface area contributed by atoms with Crippen molar-refractivity contribution in [3.05, 3.63) is 59.1 Å². The molecule has 0 aromatic heterocycles. The molecule has 2 rings (SSSR count). The summed E-state index contributed by atoms with van der Waals surface area (Å²) in [7, 11) is 0. The molecule has 1 N–H and O–H groups in total. The normalized spacial score (nSPS) is 10.6. The van der Waals surface area contributed by atoms with E-state index < -0.39 is 0 Å². The summed E-state index contributed by atoms with van der Waals surface area (Å²) < 4.78 is 0. The van der Waals surface area contributed by atoms with Crippen molar-refractivity contribution in [3.8, 4) is 0 Å². The molecule has 0 spiro atoms. The Bertz CT molecular complexity index is 613. The molecule has 0 aliphatic heterocycles. The van der Waals surface area contributed by atoms with E-state index in [-0.39, 0.29) is 5.91 Å². The smallest absolute Gasteiger partial charge is 0.255 e. The fourth-order valence-corrected chi connectivity index (χ4v) is 2.82. The Labute approximate surface area is 128 Å². The Morgan fingerprint density at radius 2 is 1.90 bits per heavy atom. The van der Waals surface area contributed by atoms with E-state index in [4.69, 9.17) is 11.6 Å². The number of hydrogen-bond acceptors (Lipinski definition) is 2. The zero-order valence-electron chi connectivity index (χ0n) is 11.4. The van der Waals surface area contributed by atoms with Gasteiger partial charge >= 0.3 is 0 Å². The molecule has 0 radical (unpaired) electrons. The van der Waals surface area contributed by atoms with Crippen LogP contribution < -0.4 is 5.32 Å². The lowest BCUT2D eigenvalue weighted by Gasteiger charge is -2.09. The van der Waals surface area contributed by atoms with Crippen LogP contribution >= 0.6 is 23.4 Å². The van der Waals surface area contributed by atoms with Gasteiger partial charge in [-0.25, -0.2) is 0 Å². The fourth-order valence-electron chi connectivity index (χ4n) is 1.74. The second-order valence-electron chi connectivity index (χ2n) is 4.63. The summed E-state index contributed by atoms with van der Waals surface area (Å²) in [6.45, 7) is 4.25. The van der Waals surface area contributed by atoms with Crippen LogP contribution in [0, 0.1) is 0 Å². The van der Waals surface area contributed by atoms with Gasteiger partial charge in [-0.15, -0.1) is 11.8 Å². The monoisotopic (exact) mass is 305 g/mol. The first kappa shape index (κ1) is 14.9. The second kappa shape index (κ2) is 6.82. The molecule has 2 aromatic rings. The van der Waals surface area contributed by atoms with Gasteiger partial charge in [0.2, 0.25) is 0 Å². The zero-order chi connectivity index (χ0) is 14.5. The summed E-state index contributed by atoms with van der Waals surface area (Å²) in [6, 6.07) is 14.8. The maximum absolute atomic E-state index is 12.2. The van der Waals surface area contributed by atoms with E-state index in [2.05, 4.69) is 19.2 Å². The number of hydrogen-bond donors (Lipinski definition) is 1. The molecule has 104 valence electrons. The fraction of sp³-hybridized carbons (Fsp3) is 0.188. The number of rotatable bonds is 4. The lowest BCUT2D eigenvalue weighted by atomic mass is 10.2. The first-order valence-corrected chi connectivity index (χ1v) is 7.64. The number of carbonyl (C=O) groups excluding carboxylic acids is 1. The predicted molar refractivity (Wildman–Crippen MR) is 86.8 cm³/mol. The molecule has 0 aliphatic rings. The summed E-state index contributed by atoms with van der Waals surface area (Å²) in [5.74, 6) is -0.149. The highest BCUT2D eigenvalue weighted by molar-refractivity contribution is 7.99. The van der Waals surface area contributed by atoms with Gasteiger partial charge in [-0.3, -0.25) is 4.79 Å². The number of para-hydroxylation sites is 1. The van der Waals surface area contributed by atoms with E-state index >= 15 is 0 Å². The van der Waals surface area contributed by atoms with Gasteiger partial charge in [0.1, 0.15) is 0 Å². The van der Waals surface area contributed by atoms with E-state index in [9.17, 15) is 4.79 Å². The molecule has 0 bridgehead atoms. The van der Waals surface area contributed by atoms with Crippen LogP contribution in [-0.4, -0.2) is 11.2 Å². The number of halogens is 1. The van der Waals surface area contributed by atoms with Crippen LogP contribution in [-0.2, 0) is 0 Å². The van der Waals surface area contributed by atoms with Crippen LogP contribution in [0.1, 0.15) is 24.2 Å².